The molecule has 6 nitrogen and oxygen atoms in total. The second kappa shape index (κ2) is 7.05. The number of para-hydroxylation sites is 2. The molecule has 0 amide bonds. The van der Waals surface area contributed by atoms with E-state index in [1.807, 2.05) is 30.5 Å². The van der Waals surface area contributed by atoms with E-state index >= 15 is 0 Å². The van der Waals surface area contributed by atoms with E-state index in [0.717, 1.165) is 57.6 Å². The van der Waals surface area contributed by atoms with E-state index in [1.165, 1.54) is 23.5 Å². The van der Waals surface area contributed by atoms with E-state index in [4.69, 9.17) is 0 Å². The normalized spacial score (nSPS) is 11.5. The lowest BCUT2D eigenvalue weighted by Gasteiger charge is -2.00. The minimum atomic E-state index is -0.253. The van der Waals surface area contributed by atoms with Gasteiger partial charge in [-0.25, -0.2) is 18.9 Å². The van der Waals surface area contributed by atoms with Crippen molar-refractivity contribution in [2.75, 3.05) is 11.9 Å². The van der Waals surface area contributed by atoms with Crippen molar-refractivity contribution in [3.05, 3.63) is 66.4 Å². The minimum Gasteiger partial charge on any atom is -0.360 e. The van der Waals surface area contributed by atoms with Gasteiger partial charge in [-0.05, 0) is 42.8 Å². The number of hydrogen-bond acceptors (Lipinski definition) is 5. The van der Waals surface area contributed by atoms with Crippen molar-refractivity contribution < 1.29 is 4.39 Å². The molecule has 140 valence electrons. The van der Waals surface area contributed by atoms with Crippen molar-refractivity contribution in [3.8, 4) is 11.3 Å². The Balaban J connectivity index is 1.20. The van der Waals surface area contributed by atoms with Gasteiger partial charge in [-0.3, -0.25) is 0 Å². The molecule has 3 aromatic heterocycles. The number of aryl methyl sites for hydroxylation is 1. The van der Waals surface area contributed by atoms with Crippen molar-refractivity contribution in [1.29, 1.82) is 0 Å². The molecule has 0 atom stereocenters. The zero-order chi connectivity index (χ0) is 18.9. The summed E-state index contributed by atoms with van der Waals surface area (Å²) in [6.45, 7) is 0.804. The van der Waals surface area contributed by atoms with Crippen LogP contribution in [0.15, 0.2) is 54.7 Å². The van der Waals surface area contributed by atoms with Crippen molar-refractivity contribution in [2.24, 2.45) is 0 Å². The number of aromatic amines is 1. The fourth-order valence-corrected chi connectivity index (χ4v) is 3.91. The van der Waals surface area contributed by atoms with Crippen LogP contribution in [-0.2, 0) is 6.42 Å². The Hall–Kier alpha value is -3.26. The first-order chi connectivity index (χ1) is 13.7. The number of fused-ring (bicyclic) bond motifs is 2. The Kier molecular flexibility index (Phi) is 4.25. The summed E-state index contributed by atoms with van der Waals surface area (Å²) >= 11 is 1.50. The van der Waals surface area contributed by atoms with Gasteiger partial charge in [0.15, 0.2) is 0 Å². The second-order valence-corrected chi connectivity index (χ2v) is 7.45. The predicted octanol–water partition coefficient (Wildman–Crippen LogP) is 4.52. The van der Waals surface area contributed by atoms with Gasteiger partial charge in [0.1, 0.15) is 11.6 Å². The number of rotatable bonds is 6. The van der Waals surface area contributed by atoms with Gasteiger partial charge in [0, 0.05) is 18.5 Å². The number of nitrogens with one attached hydrogen (secondary N) is 2. The van der Waals surface area contributed by atoms with E-state index in [0.29, 0.717) is 0 Å². The maximum Gasteiger partial charge on any atom is 0.214 e. The SMILES string of the molecule is Fc1ccc(-c2cn3nc(NCCCc4nc5ccccc5[nH]4)sc3n2)cc1. The largest absolute Gasteiger partial charge is 0.360 e. The molecule has 0 bridgehead atoms. The maximum atomic E-state index is 13.1. The third-order valence-corrected chi connectivity index (χ3v) is 5.37. The van der Waals surface area contributed by atoms with Crippen LogP contribution in [0.3, 0.4) is 0 Å². The van der Waals surface area contributed by atoms with Crippen LogP contribution >= 0.6 is 11.3 Å². The Morgan fingerprint density at radius 1 is 1.07 bits per heavy atom. The van der Waals surface area contributed by atoms with Gasteiger partial charge in [-0.15, -0.1) is 5.10 Å². The van der Waals surface area contributed by atoms with Gasteiger partial charge in [-0.2, -0.15) is 0 Å². The average molecular weight is 392 g/mol. The molecule has 5 rings (SSSR count). The molecule has 0 unspecified atom stereocenters. The van der Waals surface area contributed by atoms with E-state index in [-0.39, 0.29) is 5.82 Å². The molecule has 0 saturated heterocycles. The molecule has 8 heteroatoms. The van der Waals surface area contributed by atoms with Gasteiger partial charge < -0.3 is 10.3 Å². The lowest BCUT2D eigenvalue weighted by molar-refractivity contribution is 0.628. The molecule has 0 spiro atoms. The van der Waals surface area contributed by atoms with Gasteiger partial charge in [0.05, 0.1) is 22.9 Å². The number of halogens is 1. The van der Waals surface area contributed by atoms with Crippen molar-refractivity contribution >= 4 is 32.5 Å². The van der Waals surface area contributed by atoms with E-state index < -0.39 is 0 Å². The summed E-state index contributed by atoms with van der Waals surface area (Å²) in [6.07, 6.45) is 3.68. The van der Waals surface area contributed by atoms with Crippen LogP contribution in [0.2, 0.25) is 0 Å². The molecule has 5 aromatic rings. The minimum absolute atomic E-state index is 0.253. The van der Waals surface area contributed by atoms with Crippen LogP contribution in [0, 0.1) is 5.82 Å². The maximum absolute atomic E-state index is 13.1. The first-order valence-corrected chi connectivity index (χ1v) is 9.86. The molecule has 28 heavy (non-hydrogen) atoms. The zero-order valence-electron chi connectivity index (χ0n) is 14.9. The van der Waals surface area contributed by atoms with Gasteiger partial charge in [-0.1, -0.05) is 23.5 Å². The van der Waals surface area contributed by atoms with Crippen molar-refractivity contribution in [2.45, 2.75) is 12.8 Å². The Morgan fingerprint density at radius 2 is 1.93 bits per heavy atom. The fraction of sp³-hybridized carbons (Fsp3) is 0.150. The molecule has 0 aliphatic rings. The highest BCUT2D eigenvalue weighted by molar-refractivity contribution is 7.20. The number of benzene rings is 2. The molecule has 0 radical (unpaired) electrons. The van der Waals surface area contributed by atoms with Gasteiger partial charge in [0.25, 0.3) is 0 Å². The summed E-state index contributed by atoms with van der Waals surface area (Å²) in [5.41, 5.74) is 3.74. The topological polar surface area (TPSA) is 70.9 Å². The van der Waals surface area contributed by atoms with Crippen LogP contribution in [-0.4, -0.2) is 31.1 Å². The highest BCUT2D eigenvalue weighted by Gasteiger charge is 2.10. The molecular weight excluding hydrogens is 375 g/mol. The molecule has 0 aliphatic heterocycles. The number of H-pyrrole nitrogens is 1. The lowest BCUT2D eigenvalue weighted by atomic mass is 10.2. The third-order valence-electron chi connectivity index (χ3n) is 4.49. The average Bonchev–Trinajstić information content (AvgIpc) is 3.38. The number of anilines is 1. The lowest BCUT2D eigenvalue weighted by Crippen LogP contribution is -2.03. The van der Waals surface area contributed by atoms with Crippen molar-refractivity contribution in [3.63, 3.8) is 0 Å². The van der Waals surface area contributed by atoms with E-state index in [9.17, 15) is 4.39 Å². The highest BCUT2D eigenvalue weighted by atomic mass is 32.1. The van der Waals surface area contributed by atoms with Crippen LogP contribution in [0.5, 0.6) is 0 Å². The smallest absolute Gasteiger partial charge is 0.214 e. The van der Waals surface area contributed by atoms with Crippen LogP contribution in [0.1, 0.15) is 12.2 Å². The van der Waals surface area contributed by atoms with Gasteiger partial charge >= 0.3 is 0 Å². The summed E-state index contributed by atoms with van der Waals surface area (Å²) in [5.74, 6) is 0.748. The highest BCUT2D eigenvalue weighted by Crippen LogP contribution is 2.24. The summed E-state index contributed by atoms with van der Waals surface area (Å²) in [6, 6.07) is 14.4. The van der Waals surface area contributed by atoms with Crippen LogP contribution in [0.25, 0.3) is 27.3 Å². The summed E-state index contributed by atoms with van der Waals surface area (Å²) in [7, 11) is 0. The Labute approximate surface area is 164 Å². The molecule has 2 aromatic carbocycles. The summed E-state index contributed by atoms with van der Waals surface area (Å²) in [5, 5.41) is 8.70. The number of imidazole rings is 2. The molecule has 0 fully saturated rings. The Morgan fingerprint density at radius 3 is 2.75 bits per heavy atom. The fourth-order valence-electron chi connectivity index (χ4n) is 3.11. The first kappa shape index (κ1) is 16.9. The molecule has 0 saturated carbocycles. The summed E-state index contributed by atoms with van der Waals surface area (Å²) < 4.78 is 14.8. The first-order valence-electron chi connectivity index (χ1n) is 9.04. The van der Waals surface area contributed by atoms with Crippen molar-refractivity contribution in [1.82, 2.24) is 24.6 Å². The molecule has 2 N–H and O–H groups in total. The molecule has 0 aliphatic carbocycles. The van der Waals surface area contributed by atoms with Crippen LogP contribution in [0.4, 0.5) is 9.52 Å². The summed E-state index contributed by atoms with van der Waals surface area (Å²) in [4.78, 5) is 13.3. The molecule has 3 heterocycles. The second-order valence-electron chi connectivity index (χ2n) is 6.50. The van der Waals surface area contributed by atoms with E-state index in [2.05, 4.69) is 25.4 Å². The zero-order valence-corrected chi connectivity index (χ0v) is 15.7. The Bertz CT molecular complexity index is 1170. The number of aromatic nitrogens is 5. The van der Waals surface area contributed by atoms with Gasteiger partial charge in [0.2, 0.25) is 10.1 Å². The van der Waals surface area contributed by atoms with E-state index in [1.54, 1.807) is 16.6 Å². The number of hydrogen-bond donors (Lipinski definition) is 2. The quantitative estimate of drug-likeness (QED) is 0.417. The molecular formula is C20H17FN6S. The van der Waals surface area contributed by atoms with Crippen LogP contribution < -0.4 is 5.32 Å². The monoisotopic (exact) mass is 392 g/mol. The standard InChI is InChI=1S/C20H17FN6S/c21-14-9-7-13(8-10-14)17-12-27-20(25-17)28-19(26-27)22-11-3-6-18-23-15-4-1-2-5-16(15)24-18/h1-2,4-5,7-10,12H,3,6,11H2,(H,22,26)(H,23,24). The number of nitrogens with zero attached hydrogens (tertiary/aromatic N) is 4. The predicted molar refractivity (Wildman–Crippen MR) is 109 cm³/mol. The third kappa shape index (κ3) is 3.34.